The number of aromatic hydroxyl groups is 1. The molecule has 0 aliphatic rings. The molecule has 6 heteroatoms. The number of phenolic OH excluding ortho intramolecular Hbond substituents is 1. The highest BCUT2D eigenvalue weighted by Gasteiger charge is 2.19. The van der Waals surface area contributed by atoms with E-state index in [1.807, 2.05) is 13.8 Å². The first kappa shape index (κ1) is 13.9. The summed E-state index contributed by atoms with van der Waals surface area (Å²) in [4.78, 5) is 12.1. The molecule has 1 aromatic carbocycles. The van der Waals surface area contributed by atoms with E-state index in [4.69, 9.17) is 10.3 Å². The summed E-state index contributed by atoms with van der Waals surface area (Å²) < 4.78 is 5.08. The lowest BCUT2D eigenvalue weighted by molar-refractivity contribution is 0.0939. The van der Waals surface area contributed by atoms with Gasteiger partial charge in [-0.25, -0.2) is 0 Å². The zero-order valence-electron chi connectivity index (χ0n) is 11.6. The number of nitrogens with one attached hydrogen (secondary N) is 1. The second-order valence-corrected chi connectivity index (χ2v) is 4.71. The van der Waals surface area contributed by atoms with E-state index >= 15 is 0 Å². The van der Waals surface area contributed by atoms with Gasteiger partial charge >= 0.3 is 0 Å². The van der Waals surface area contributed by atoms with Crippen molar-refractivity contribution in [1.82, 2.24) is 10.5 Å². The zero-order valence-corrected chi connectivity index (χ0v) is 11.6. The summed E-state index contributed by atoms with van der Waals surface area (Å²) in [6, 6.07) is 4.15. The van der Waals surface area contributed by atoms with Gasteiger partial charge in [0.25, 0.3) is 5.91 Å². The molecule has 0 saturated carbocycles. The second-order valence-electron chi connectivity index (χ2n) is 4.71. The van der Waals surface area contributed by atoms with Gasteiger partial charge in [0, 0.05) is 11.1 Å². The molecule has 0 bridgehead atoms. The number of phenols is 1. The quantitative estimate of drug-likeness (QED) is 0.588. The maximum atomic E-state index is 12.1. The number of amides is 1. The fourth-order valence-electron chi connectivity index (χ4n) is 2.15. The first-order chi connectivity index (χ1) is 9.40. The Morgan fingerprint density at radius 3 is 2.70 bits per heavy atom. The third-order valence-electron chi connectivity index (χ3n) is 3.16. The van der Waals surface area contributed by atoms with Gasteiger partial charge in [-0.05, 0) is 39.0 Å². The molecule has 0 spiro atoms. The minimum absolute atomic E-state index is 0.109. The minimum Gasteiger partial charge on any atom is -0.506 e. The normalized spacial score (nSPS) is 12.2. The third kappa shape index (κ3) is 2.59. The molecule has 0 aliphatic carbocycles. The van der Waals surface area contributed by atoms with Gasteiger partial charge in [0.05, 0.1) is 17.4 Å². The van der Waals surface area contributed by atoms with Crippen LogP contribution in [0.15, 0.2) is 22.7 Å². The van der Waals surface area contributed by atoms with Gasteiger partial charge in [-0.2, -0.15) is 0 Å². The van der Waals surface area contributed by atoms with E-state index in [1.54, 1.807) is 13.0 Å². The lowest BCUT2D eigenvalue weighted by Gasteiger charge is -2.14. The van der Waals surface area contributed by atoms with Crippen molar-refractivity contribution in [1.29, 1.82) is 0 Å². The fourth-order valence-corrected chi connectivity index (χ4v) is 2.15. The molecule has 0 aliphatic heterocycles. The van der Waals surface area contributed by atoms with E-state index in [9.17, 15) is 9.90 Å². The van der Waals surface area contributed by atoms with Crippen LogP contribution in [0.5, 0.6) is 5.75 Å². The minimum atomic E-state index is -0.298. The Labute approximate surface area is 116 Å². The molecular weight excluding hydrogens is 258 g/mol. The third-order valence-corrected chi connectivity index (χ3v) is 3.16. The number of nitrogens with two attached hydrogens (primary N) is 1. The fraction of sp³-hybridized carbons (Fsp3) is 0.286. The number of anilines is 1. The Kier molecular flexibility index (Phi) is 3.65. The molecule has 20 heavy (non-hydrogen) atoms. The molecule has 1 amide bonds. The number of carbonyl (C=O) groups is 1. The number of nitrogens with zero attached hydrogens (tertiary/aromatic N) is 1. The first-order valence-corrected chi connectivity index (χ1v) is 6.22. The molecule has 1 heterocycles. The van der Waals surface area contributed by atoms with Crippen molar-refractivity contribution in [2.24, 2.45) is 0 Å². The summed E-state index contributed by atoms with van der Waals surface area (Å²) in [6.07, 6.45) is 0. The molecule has 1 unspecified atom stereocenters. The van der Waals surface area contributed by atoms with Crippen molar-refractivity contribution < 1.29 is 14.4 Å². The van der Waals surface area contributed by atoms with Crippen molar-refractivity contribution in [2.45, 2.75) is 26.8 Å². The van der Waals surface area contributed by atoms with Crippen LogP contribution in [0, 0.1) is 13.8 Å². The predicted octanol–water partition coefficient (Wildman–Crippen LogP) is 2.07. The van der Waals surface area contributed by atoms with E-state index in [0.717, 1.165) is 11.3 Å². The van der Waals surface area contributed by atoms with Crippen LogP contribution >= 0.6 is 0 Å². The van der Waals surface area contributed by atoms with Gasteiger partial charge in [0.2, 0.25) is 0 Å². The lowest BCUT2D eigenvalue weighted by atomic mass is 10.1. The van der Waals surface area contributed by atoms with Crippen LogP contribution in [0.4, 0.5) is 5.69 Å². The van der Waals surface area contributed by atoms with Gasteiger partial charge < -0.3 is 20.7 Å². The molecule has 2 rings (SSSR count). The molecule has 0 saturated heterocycles. The van der Waals surface area contributed by atoms with Crippen LogP contribution in [0.1, 0.15) is 40.3 Å². The summed E-state index contributed by atoms with van der Waals surface area (Å²) >= 11 is 0. The van der Waals surface area contributed by atoms with Gasteiger partial charge in [-0.3, -0.25) is 4.79 Å². The second kappa shape index (κ2) is 5.24. The summed E-state index contributed by atoms with van der Waals surface area (Å²) in [5.41, 5.74) is 7.69. The molecule has 106 valence electrons. The standard InChI is InChI=1S/C14H17N3O3/c1-7(13-8(2)17-20-9(13)3)16-14(19)10-4-5-11(15)12(18)6-10/h4-7,18H,15H2,1-3H3,(H,16,19). The molecular formula is C14H17N3O3. The molecule has 1 atom stereocenters. The molecule has 1 aromatic heterocycles. The molecule has 4 N–H and O–H groups in total. The number of rotatable bonds is 3. The summed E-state index contributed by atoms with van der Waals surface area (Å²) in [5, 5.41) is 16.2. The Morgan fingerprint density at radius 2 is 2.15 bits per heavy atom. The molecule has 0 fully saturated rings. The number of carbonyl (C=O) groups excluding carboxylic acids is 1. The van der Waals surface area contributed by atoms with Crippen LogP contribution in [-0.4, -0.2) is 16.2 Å². The van der Waals surface area contributed by atoms with E-state index in [1.165, 1.54) is 12.1 Å². The highest BCUT2D eigenvalue weighted by molar-refractivity contribution is 5.95. The SMILES string of the molecule is Cc1noc(C)c1C(C)NC(=O)c1ccc(N)c(O)c1. The maximum absolute atomic E-state index is 12.1. The molecule has 0 radical (unpaired) electrons. The number of aryl methyl sites for hydroxylation is 2. The topological polar surface area (TPSA) is 101 Å². The van der Waals surface area contributed by atoms with Crippen LogP contribution < -0.4 is 11.1 Å². The van der Waals surface area contributed by atoms with E-state index in [2.05, 4.69) is 10.5 Å². The van der Waals surface area contributed by atoms with Crippen molar-refractivity contribution in [3.8, 4) is 5.75 Å². The summed E-state index contributed by atoms with van der Waals surface area (Å²) in [7, 11) is 0. The largest absolute Gasteiger partial charge is 0.506 e. The van der Waals surface area contributed by atoms with E-state index in [-0.39, 0.29) is 23.4 Å². The van der Waals surface area contributed by atoms with Crippen molar-refractivity contribution in [2.75, 3.05) is 5.73 Å². The highest BCUT2D eigenvalue weighted by atomic mass is 16.5. The van der Waals surface area contributed by atoms with E-state index in [0.29, 0.717) is 11.3 Å². The van der Waals surface area contributed by atoms with Crippen LogP contribution in [-0.2, 0) is 0 Å². The number of aromatic nitrogens is 1. The smallest absolute Gasteiger partial charge is 0.251 e. The monoisotopic (exact) mass is 275 g/mol. The zero-order chi connectivity index (χ0) is 14.9. The van der Waals surface area contributed by atoms with Gasteiger partial charge in [-0.15, -0.1) is 0 Å². The van der Waals surface area contributed by atoms with Crippen molar-refractivity contribution in [3.05, 3.63) is 40.8 Å². The van der Waals surface area contributed by atoms with Crippen LogP contribution in [0.25, 0.3) is 0 Å². The summed E-state index contributed by atoms with van der Waals surface area (Å²) in [5.74, 6) is 0.269. The Hall–Kier alpha value is -2.50. The Morgan fingerprint density at radius 1 is 1.45 bits per heavy atom. The van der Waals surface area contributed by atoms with Crippen LogP contribution in [0.3, 0.4) is 0 Å². The van der Waals surface area contributed by atoms with Gasteiger partial charge in [-0.1, -0.05) is 5.16 Å². The Bertz CT molecular complexity index is 630. The number of nitrogen functional groups attached to an aromatic ring is 1. The molecule has 6 nitrogen and oxygen atoms in total. The van der Waals surface area contributed by atoms with Gasteiger partial charge in [0.1, 0.15) is 11.5 Å². The maximum Gasteiger partial charge on any atom is 0.251 e. The lowest BCUT2D eigenvalue weighted by Crippen LogP contribution is -2.27. The highest BCUT2D eigenvalue weighted by Crippen LogP contribution is 2.23. The average Bonchev–Trinajstić information content (AvgIpc) is 2.72. The average molecular weight is 275 g/mol. The molecule has 2 aromatic rings. The first-order valence-electron chi connectivity index (χ1n) is 6.22. The number of hydrogen-bond donors (Lipinski definition) is 3. The summed E-state index contributed by atoms with van der Waals surface area (Å²) in [6.45, 7) is 5.47. The predicted molar refractivity (Wildman–Crippen MR) is 74.4 cm³/mol. The number of benzene rings is 1. The number of hydrogen-bond acceptors (Lipinski definition) is 5. The van der Waals surface area contributed by atoms with Gasteiger partial charge in [0.15, 0.2) is 0 Å². The van der Waals surface area contributed by atoms with Crippen molar-refractivity contribution >= 4 is 11.6 Å². The van der Waals surface area contributed by atoms with Crippen molar-refractivity contribution in [3.63, 3.8) is 0 Å². The van der Waals surface area contributed by atoms with E-state index < -0.39 is 0 Å². The Balaban J connectivity index is 2.17. The van der Waals surface area contributed by atoms with Crippen LogP contribution in [0.2, 0.25) is 0 Å².